The maximum absolute atomic E-state index is 4.04. The highest BCUT2D eigenvalue weighted by Gasteiger charge is 2.04. The maximum Gasteiger partial charge on any atom is 0.0592 e. The van der Waals surface area contributed by atoms with Gasteiger partial charge in [-0.05, 0) is 36.1 Å². The molecule has 1 aromatic rings. The Morgan fingerprint density at radius 2 is 2.00 bits per heavy atom. The summed E-state index contributed by atoms with van der Waals surface area (Å²) in [4.78, 5) is 8.42. The summed E-state index contributed by atoms with van der Waals surface area (Å²) in [5, 5.41) is 0. The minimum Gasteiger partial charge on any atom is -0.372 e. The van der Waals surface area contributed by atoms with Gasteiger partial charge in [-0.1, -0.05) is 0 Å². The highest BCUT2D eigenvalue weighted by atomic mass is 79.9. The zero-order valence-electron chi connectivity index (χ0n) is 8.87. The van der Waals surface area contributed by atoms with Crippen LogP contribution in [0.5, 0.6) is 0 Å². The quantitative estimate of drug-likeness (QED) is 0.821. The number of rotatable bonds is 4. The Morgan fingerprint density at radius 3 is 2.57 bits per heavy atom. The molecule has 3 nitrogen and oxygen atoms in total. The minimum atomic E-state index is 1.01. The molecule has 0 aliphatic rings. The lowest BCUT2D eigenvalue weighted by Crippen LogP contribution is -2.28. The number of halogens is 1. The third-order valence-corrected chi connectivity index (χ3v) is 2.66. The van der Waals surface area contributed by atoms with E-state index in [0.717, 1.165) is 17.6 Å². The van der Waals surface area contributed by atoms with Crippen molar-refractivity contribution in [3.63, 3.8) is 0 Å². The second-order valence-corrected chi connectivity index (χ2v) is 4.41. The Hall–Kier alpha value is -0.610. The fourth-order valence-corrected chi connectivity index (χ4v) is 1.70. The van der Waals surface area contributed by atoms with Gasteiger partial charge in [-0.3, -0.25) is 4.98 Å². The molecule has 0 aliphatic heterocycles. The second-order valence-electron chi connectivity index (χ2n) is 3.55. The average molecular weight is 258 g/mol. The minimum absolute atomic E-state index is 1.01. The summed E-state index contributed by atoms with van der Waals surface area (Å²) in [7, 11) is 6.24. The first kappa shape index (κ1) is 11.5. The van der Waals surface area contributed by atoms with Crippen LogP contribution in [0.25, 0.3) is 0 Å². The summed E-state index contributed by atoms with van der Waals surface area (Å²) in [5.74, 6) is 0. The lowest BCUT2D eigenvalue weighted by Gasteiger charge is -2.22. The first-order chi connectivity index (χ1) is 6.61. The van der Waals surface area contributed by atoms with Crippen molar-refractivity contribution < 1.29 is 0 Å². The molecule has 0 aliphatic carbocycles. The molecule has 1 rings (SSSR count). The van der Waals surface area contributed by atoms with Crippen LogP contribution in [0.3, 0.4) is 0 Å². The normalized spacial score (nSPS) is 10.6. The summed E-state index contributed by atoms with van der Waals surface area (Å²) in [6.07, 6.45) is 3.63. The van der Waals surface area contributed by atoms with Crippen molar-refractivity contribution in [1.82, 2.24) is 9.88 Å². The Balaban J connectivity index is 2.60. The molecular weight excluding hydrogens is 242 g/mol. The second kappa shape index (κ2) is 5.32. The maximum atomic E-state index is 4.04. The number of aromatic nitrogens is 1. The van der Waals surface area contributed by atoms with E-state index < -0.39 is 0 Å². The molecular formula is C10H16BrN3. The van der Waals surface area contributed by atoms with Crippen molar-refractivity contribution in [2.45, 2.75) is 0 Å². The van der Waals surface area contributed by atoms with E-state index in [-0.39, 0.29) is 0 Å². The van der Waals surface area contributed by atoms with Gasteiger partial charge < -0.3 is 9.80 Å². The predicted molar refractivity (Wildman–Crippen MR) is 63.8 cm³/mol. The zero-order chi connectivity index (χ0) is 10.6. The largest absolute Gasteiger partial charge is 0.372 e. The molecule has 0 atom stereocenters. The molecule has 0 amide bonds. The smallest absolute Gasteiger partial charge is 0.0592 e. The van der Waals surface area contributed by atoms with Crippen LogP contribution >= 0.6 is 15.9 Å². The Morgan fingerprint density at radius 1 is 1.29 bits per heavy atom. The third-order valence-electron chi connectivity index (χ3n) is 2.04. The summed E-state index contributed by atoms with van der Waals surface area (Å²) in [5.41, 5.74) is 1.18. The van der Waals surface area contributed by atoms with Gasteiger partial charge in [-0.15, -0.1) is 0 Å². The van der Waals surface area contributed by atoms with E-state index in [2.05, 4.69) is 51.9 Å². The van der Waals surface area contributed by atoms with Crippen LogP contribution in [-0.2, 0) is 0 Å². The van der Waals surface area contributed by atoms with E-state index in [4.69, 9.17) is 0 Å². The van der Waals surface area contributed by atoms with Gasteiger partial charge in [0, 0.05) is 32.5 Å². The van der Waals surface area contributed by atoms with Crippen molar-refractivity contribution in [2.75, 3.05) is 39.1 Å². The Bertz CT molecular complexity index is 288. The first-order valence-electron chi connectivity index (χ1n) is 4.56. The van der Waals surface area contributed by atoms with Gasteiger partial charge in [0.15, 0.2) is 0 Å². The van der Waals surface area contributed by atoms with Crippen LogP contribution in [0.2, 0.25) is 0 Å². The molecule has 0 saturated heterocycles. The van der Waals surface area contributed by atoms with Crippen molar-refractivity contribution in [1.29, 1.82) is 0 Å². The highest BCUT2D eigenvalue weighted by Crippen LogP contribution is 2.22. The molecule has 0 fully saturated rings. The first-order valence-corrected chi connectivity index (χ1v) is 5.36. The van der Waals surface area contributed by atoms with E-state index in [1.54, 1.807) is 0 Å². The number of anilines is 1. The van der Waals surface area contributed by atoms with Gasteiger partial charge in [0.2, 0.25) is 0 Å². The molecule has 1 aromatic heterocycles. The third kappa shape index (κ3) is 3.27. The molecule has 4 heteroatoms. The molecule has 0 unspecified atom stereocenters. The molecule has 0 saturated carbocycles. The van der Waals surface area contributed by atoms with E-state index in [0.29, 0.717) is 0 Å². The molecule has 0 N–H and O–H groups in total. The van der Waals surface area contributed by atoms with Crippen molar-refractivity contribution in [3.8, 4) is 0 Å². The fourth-order valence-electron chi connectivity index (χ4n) is 1.15. The molecule has 78 valence electrons. The SMILES string of the molecule is CN(C)CCN(C)c1ccncc1Br. The van der Waals surface area contributed by atoms with Crippen molar-refractivity contribution in [2.24, 2.45) is 0 Å². The molecule has 0 spiro atoms. The number of pyridine rings is 1. The van der Waals surface area contributed by atoms with Crippen molar-refractivity contribution >= 4 is 21.6 Å². The van der Waals surface area contributed by atoms with Gasteiger partial charge in [0.25, 0.3) is 0 Å². The Kier molecular flexibility index (Phi) is 4.35. The van der Waals surface area contributed by atoms with Crippen LogP contribution in [0, 0.1) is 0 Å². The Labute approximate surface area is 93.9 Å². The molecule has 1 heterocycles. The number of nitrogens with zero attached hydrogens (tertiary/aromatic N) is 3. The summed E-state index contributed by atoms with van der Waals surface area (Å²) < 4.78 is 1.04. The van der Waals surface area contributed by atoms with Gasteiger partial charge in [-0.25, -0.2) is 0 Å². The van der Waals surface area contributed by atoms with Gasteiger partial charge >= 0.3 is 0 Å². The standard InChI is InChI=1S/C10H16BrN3/c1-13(2)6-7-14(3)10-4-5-12-8-9(10)11/h4-5,8H,6-7H2,1-3H3. The average Bonchev–Trinajstić information content (AvgIpc) is 2.15. The van der Waals surface area contributed by atoms with Crippen molar-refractivity contribution in [3.05, 3.63) is 22.9 Å². The van der Waals surface area contributed by atoms with Crippen LogP contribution in [-0.4, -0.2) is 44.1 Å². The van der Waals surface area contributed by atoms with Crippen LogP contribution in [0.4, 0.5) is 5.69 Å². The number of hydrogen-bond acceptors (Lipinski definition) is 3. The zero-order valence-corrected chi connectivity index (χ0v) is 10.5. The van der Waals surface area contributed by atoms with Crippen LogP contribution in [0.1, 0.15) is 0 Å². The van der Waals surface area contributed by atoms with E-state index in [1.807, 2.05) is 18.5 Å². The van der Waals surface area contributed by atoms with E-state index in [9.17, 15) is 0 Å². The predicted octanol–water partition coefficient (Wildman–Crippen LogP) is 1.84. The molecule has 14 heavy (non-hydrogen) atoms. The fraction of sp³-hybridized carbons (Fsp3) is 0.500. The van der Waals surface area contributed by atoms with Gasteiger partial charge in [0.05, 0.1) is 10.2 Å². The van der Waals surface area contributed by atoms with Gasteiger partial charge in [0.1, 0.15) is 0 Å². The monoisotopic (exact) mass is 257 g/mol. The lowest BCUT2D eigenvalue weighted by molar-refractivity contribution is 0.416. The molecule has 0 bridgehead atoms. The van der Waals surface area contributed by atoms with E-state index in [1.165, 1.54) is 5.69 Å². The number of likely N-dealkylation sites (N-methyl/N-ethyl adjacent to an activating group) is 2. The number of hydrogen-bond donors (Lipinski definition) is 0. The van der Waals surface area contributed by atoms with Gasteiger partial charge in [-0.2, -0.15) is 0 Å². The highest BCUT2D eigenvalue weighted by molar-refractivity contribution is 9.10. The summed E-state index contributed by atoms with van der Waals surface area (Å²) in [6.45, 7) is 2.06. The lowest BCUT2D eigenvalue weighted by atomic mass is 10.3. The van der Waals surface area contributed by atoms with E-state index >= 15 is 0 Å². The summed E-state index contributed by atoms with van der Waals surface area (Å²) in [6, 6.07) is 2.01. The summed E-state index contributed by atoms with van der Waals surface area (Å²) >= 11 is 3.49. The topological polar surface area (TPSA) is 19.4 Å². The molecule has 0 radical (unpaired) electrons. The molecule has 0 aromatic carbocycles. The van der Waals surface area contributed by atoms with Crippen LogP contribution in [0.15, 0.2) is 22.9 Å². The van der Waals surface area contributed by atoms with Crippen LogP contribution < -0.4 is 4.90 Å².